The molecular formula is C13H17F3N2O3. The summed E-state index contributed by atoms with van der Waals surface area (Å²) in [4.78, 5) is 16.2. The number of aromatic carboxylic acids is 1. The molecule has 118 valence electrons. The minimum Gasteiger partial charge on any atom is -0.478 e. The first-order chi connectivity index (χ1) is 9.72. The van der Waals surface area contributed by atoms with E-state index in [1.807, 2.05) is 0 Å². The van der Waals surface area contributed by atoms with Crippen molar-refractivity contribution in [3.8, 4) is 0 Å². The van der Waals surface area contributed by atoms with Crippen molar-refractivity contribution < 1.29 is 27.8 Å². The third-order valence-corrected chi connectivity index (χ3v) is 2.95. The fourth-order valence-electron chi connectivity index (χ4n) is 1.99. The SMILES string of the molecule is CCN(c1nc(C(F)(F)F)ccc1C(=O)O)C(C)COC. The van der Waals surface area contributed by atoms with E-state index in [0.29, 0.717) is 12.6 Å². The molecule has 0 bridgehead atoms. The summed E-state index contributed by atoms with van der Waals surface area (Å²) in [6.45, 7) is 3.98. The van der Waals surface area contributed by atoms with Gasteiger partial charge in [-0.2, -0.15) is 13.2 Å². The molecule has 1 unspecified atom stereocenters. The average Bonchev–Trinajstić information content (AvgIpc) is 2.38. The molecule has 0 amide bonds. The number of anilines is 1. The Bertz CT molecular complexity index is 506. The third kappa shape index (κ3) is 4.07. The van der Waals surface area contributed by atoms with E-state index in [-0.39, 0.29) is 24.0 Å². The molecule has 1 rings (SSSR count). The van der Waals surface area contributed by atoms with Gasteiger partial charge in [-0.3, -0.25) is 0 Å². The Morgan fingerprint density at radius 1 is 1.48 bits per heavy atom. The fourth-order valence-corrected chi connectivity index (χ4v) is 1.99. The number of carboxylic acids is 1. The molecule has 1 N–H and O–H groups in total. The van der Waals surface area contributed by atoms with Crippen molar-refractivity contribution in [2.45, 2.75) is 26.1 Å². The highest BCUT2D eigenvalue weighted by Gasteiger charge is 2.34. The van der Waals surface area contributed by atoms with Gasteiger partial charge in [-0.15, -0.1) is 0 Å². The molecule has 0 aliphatic heterocycles. The normalized spacial score (nSPS) is 13.0. The molecule has 0 aliphatic carbocycles. The molecule has 0 saturated carbocycles. The Balaban J connectivity index is 3.37. The van der Waals surface area contributed by atoms with E-state index in [9.17, 15) is 18.0 Å². The minimum atomic E-state index is -4.63. The predicted molar refractivity (Wildman–Crippen MR) is 70.6 cm³/mol. The smallest absolute Gasteiger partial charge is 0.433 e. The Labute approximate surface area is 120 Å². The lowest BCUT2D eigenvalue weighted by Crippen LogP contribution is -2.38. The summed E-state index contributed by atoms with van der Waals surface area (Å²) in [6, 6.07) is 1.28. The Hall–Kier alpha value is -1.83. The second kappa shape index (κ2) is 6.75. The van der Waals surface area contributed by atoms with Gasteiger partial charge in [-0.25, -0.2) is 9.78 Å². The quantitative estimate of drug-likeness (QED) is 0.875. The first kappa shape index (κ1) is 17.2. The Morgan fingerprint density at radius 3 is 2.52 bits per heavy atom. The van der Waals surface area contributed by atoms with E-state index in [4.69, 9.17) is 9.84 Å². The first-order valence-corrected chi connectivity index (χ1v) is 6.29. The summed E-state index contributed by atoms with van der Waals surface area (Å²) in [5.41, 5.74) is -1.39. The van der Waals surface area contributed by atoms with Crippen LogP contribution in [-0.2, 0) is 10.9 Å². The highest BCUT2D eigenvalue weighted by Crippen LogP contribution is 2.31. The number of halogens is 3. The van der Waals surface area contributed by atoms with Gasteiger partial charge in [0.2, 0.25) is 0 Å². The van der Waals surface area contributed by atoms with Gasteiger partial charge in [-0.05, 0) is 26.0 Å². The molecular weight excluding hydrogens is 289 g/mol. The zero-order valence-corrected chi connectivity index (χ0v) is 11.9. The summed E-state index contributed by atoms with van der Waals surface area (Å²) in [5.74, 6) is -1.53. The van der Waals surface area contributed by atoms with E-state index in [0.717, 1.165) is 6.07 Å². The van der Waals surface area contributed by atoms with Crippen LogP contribution in [0.15, 0.2) is 12.1 Å². The van der Waals surface area contributed by atoms with Gasteiger partial charge in [0.25, 0.3) is 0 Å². The standard InChI is InChI=1S/C13H17F3N2O3/c1-4-18(8(2)7-21-3)11-9(12(19)20)5-6-10(17-11)13(14,15)16/h5-6,8H,4,7H2,1-3H3,(H,19,20). The molecule has 1 aromatic heterocycles. The van der Waals surface area contributed by atoms with Gasteiger partial charge in [0.15, 0.2) is 0 Å². The molecule has 1 atom stereocenters. The molecule has 0 saturated heterocycles. The van der Waals surface area contributed by atoms with Crippen LogP contribution in [0.4, 0.5) is 19.0 Å². The third-order valence-electron chi connectivity index (χ3n) is 2.95. The number of pyridine rings is 1. The van der Waals surface area contributed by atoms with Crippen LogP contribution in [0.2, 0.25) is 0 Å². The van der Waals surface area contributed by atoms with Gasteiger partial charge < -0.3 is 14.7 Å². The maximum Gasteiger partial charge on any atom is 0.433 e. The van der Waals surface area contributed by atoms with Crippen LogP contribution in [0.3, 0.4) is 0 Å². The van der Waals surface area contributed by atoms with Crippen LogP contribution in [0.25, 0.3) is 0 Å². The number of alkyl halides is 3. The van der Waals surface area contributed by atoms with Crippen molar-refractivity contribution in [3.05, 3.63) is 23.4 Å². The highest BCUT2D eigenvalue weighted by molar-refractivity contribution is 5.93. The number of carboxylic acid groups (broad SMARTS) is 1. The molecule has 0 fully saturated rings. The lowest BCUT2D eigenvalue weighted by molar-refractivity contribution is -0.141. The van der Waals surface area contributed by atoms with Crippen LogP contribution in [0.5, 0.6) is 0 Å². The van der Waals surface area contributed by atoms with Crippen molar-refractivity contribution in [1.82, 2.24) is 4.98 Å². The maximum absolute atomic E-state index is 12.8. The largest absolute Gasteiger partial charge is 0.478 e. The number of hydrogen-bond donors (Lipinski definition) is 1. The number of carbonyl (C=O) groups is 1. The van der Waals surface area contributed by atoms with Crippen molar-refractivity contribution in [1.29, 1.82) is 0 Å². The van der Waals surface area contributed by atoms with Crippen molar-refractivity contribution in [2.24, 2.45) is 0 Å². The van der Waals surface area contributed by atoms with Crippen LogP contribution >= 0.6 is 0 Å². The molecule has 0 aromatic carbocycles. The molecule has 21 heavy (non-hydrogen) atoms. The number of aromatic nitrogens is 1. The van der Waals surface area contributed by atoms with E-state index in [1.165, 1.54) is 12.0 Å². The molecule has 0 spiro atoms. The molecule has 5 nitrogen and oxygen atoms in total. The van der Waals surface area contributed by atoms with E-state index >= 15 is 0 Å². The second-order valence-corrected chi connectivity index (χ2v) is 4.46. The van der Waals surface area contributed by atoms with E-state index in [1.54, 1.807) is 13.8 Å². The number of rotatable bonds is 6. The van der Waals surface area contributed by atoms with Crippen molar-refractivity contribution in [2.75, 3.05) is 25.2 Å². The van der Waals surface area contributed by atoms with Crippen molar-refractivity contribution >= 4 is 11.8 Å². The van der Waals surface area contributed by atoms with Gasteiger partial charge in [-0.1, -0.05) is 0 Å². The molecule has 0 radical (unpaired) electrons. The number of nitrogens with zero attached hydrogens (tertiary/aromatic N) is 2. The van der Waals surface area contributed by atoms with Crippen LogP contribution in [0, 0.1) is 0 Å². The lowest BCUT2D eigenvalue weighted by atomic mass is 10.2. The zero-order valence-electron chi connectivity index (χ0n) is 11.9. The Kier molecular flexibility index (Phi) is 5.54. The summed E-state index contributed by atoms with van der Waals surface area (Å²) in [5, 5.41) is 9.14. The lowest BCUT2D eigenvalue weighted by Gasteiger charge is -2.30. The molecule has 1 heterocycles. The topological polar surface area (TPSA) is 62.7 Å². The molecule has 0 aliphatic rings. The van der Waals surface area contributed by atoms with E-state index in [2.05, 4.69) is 4.98 Å². The van der Waals surface area contributed by atoms with Gasteiger partial charge in [0.1, 0.15) is 17.1 Å². The molecule has 8 heteroatoms. The van der Waals surface area contributed by atoms with Crippen LogP contribution in [-0.4, -0.2) is 42.4 Å². The summed E-state index contributed by atoms with van der Waals surface area (Å²) in [7, 11) is 1.46. The van der Waals surface area contributed by atoms with Gasteiger partial charge in [0.05, 0.1) is 12.6 Å². The van der Waals surface area contributed by atoms with Gasteiger partial charge in [0, 0.05) is 13.7 Å². The summed E-state index contributed by atoms with van der Waals surface area (Å²) in [6.07, 6.45) is -4.63. The Morgan fingerprint density at radius 2 is 2.10 bits per heavy atom. The van der Waals surface area contributed by atoms with Crippen LogP contribution in [0.1, 0.15) is 29.9 Å². The van der Waals surface area contributed by atoms with E-state index < -0.39 is 17.8 Å². The fraction of sp³-hybridized carbons (Fsp3) is 0.538. The van der Waals surface area contributed by atoms with Gasteiger partial charge >= 0.3 is 12.1 Å². The summed E-state index contributed by atoms with van der Waals surface area (Å²) < 4.78 is 43.3. The number of hydrogen-bond acceptors (Lipinski definition) is 4. The molecule has 1 aromatic rings. The average molecular weight is 306 g/mol. The monoisotopic (exact) mass is 306 g/mol. The maximum atomic E-state index is 12.8. The van der Waals surface area contributed by atoms with Crippen molar-refractivity contribution in [3.63, 3.8) is 0 Å². The zero-order chi connectivity index (χ0) is 16.2. The predicted octanol–water partition coefficient (Wildman–Crippen LogP) is 2.66. The number of likely N-dealkylation sites (N-methyl/N-ethyl adjacent to an activating group) is 1. The first-order valence-electron chi connectivity index (χ1n) is 6.29. The van der Waals surface area contributed by atoms with Crippen LogP contribution < -0.4 is 4.90 Å². The number of methoxy groups -OCH3 is 1. The summed E-state index contributed by atoms with van der Waals surface area (Å²) >= 11 is 0. The highest BCUT2D eigenvalue weighted by atomic mass is 19.4. The number of ether oxygens (including phenoxy) is 1. The second-order valence-electron chi connectivity index (χ2n) is 4.46. The minimum absolute atomic E-state index is 0.204.